The molecule has 0 spiro atoms. The van der Waals surface area contributed by atoms with Gasteiger partial charge in [-0.15, -0.1) is 0 Å². The van der Waals surface area contributed by atoms with Crippen molar-refractivity contribution in [1.82, 2.24) is 9.88 Å². The SMILES string of the molecule is CN(CC(O)C1CC1)C(=O)c1cccnc1Nc1ccccc1F. The molecule has 1 aromatic carbocycles. The average molecular weight is 329 g/mol. The van der Waals surface area contributed by atoms with E-state index in [0.29, 0.717) is 17.3 Å². The minimum Gasteiger partial charge on any atom is -0.391 e. The summed E-state index contributed by atoms with van der Waals surface area (Å²) < 4.78 is 13.8. The summed E-state index contributed by atoms with van der Waals surface area (Å²) in [6.45, 7) is 0.275. The monoisotopic (exact) mass is 329 g/mol. The van der Waals surface area contributed by atoms with Crippen molar-refractivity contribution in [2.24, 2.45) is 5.92 Å². The van der Waals surface area contributed by atoms with Gasteiger partial charge in [0.1, 0.15) is 11.6 Å². The third kappa shape index (κ3) is 3.71. The quantitative estimate of drug-likeness (QED) is 0.855. The average Bonchev–Trinajstić information content (AvgIpc) is 3.42. The van der Waals surface area contributed by atoms with E-state index in [1.54, 1.807) is 43.6 Å². The maximum atomic E-state index is 13.8. The van der Waals surface area contributed by atoms with Crippen molar-refractivity contribution in [3.05, 3.63) is 54.0 Å². The number of hydrogen-bond donors (Lipinski definition) is 2. The standard InChI is InChI=1S/C18H20FN3O2/c1-22(11-16(23)12-8-9-12)18(24)13-5-4-10-20-17(13)21-15-7-3-2-6-14(15)19/h2-7,10,12,16,23H,8-9,11H2,1H3,(H,20,21). The van der Waals surface area contributed by atoms with E-state index in [2.05, 4.69) is 10.3 Å². The summed E-state index contributed by atoms with van der Waals surface area (Å²) in [6, 6.07) is 9.51. The highest BCUT2D eigenvalue weighted by Gasteiger charge is 2.31. The lowest BCUT2D eigenvalue weighted by Crippen LogP contribution is -2.35. The Bertz CT molecular complexity index is 734. The Morgan fingerprint density at radius 2 is 2.12 bits per heavy atom. The first kappa shape index (κ1) is 16.4. The van der Waals surface area contributed by atoms with E-state index in [4.69, 9.17) is 0 Å². The van der Waals surface area contributed by atoms with Gasteiger partial charge in [-0.3, -0.25) is 4.79 Å². The van der Waals surface area contributed by atoms with E-state index >= 15 is 0 Å². The van der Waals surface area contributed by atoms with Gasteiger partial charge in [0.05, 0.1) is 17.4 Å². The minimum absolute atomic E-state index is 0.255. The molecule has 2 aromatic rings. The maximum Gasteiger partial charge on any atom is 0.257 e. The summed E-state index contributed by atoms with van der Waals surface area (Å²) >= 11 is 0. The summed E-state index contributed by atoms with van der Waals surface area (Å²) in [7, 11) is 1.65. The van der Waals surface area contributed by atoms with Crippen LogP contribution in [-0.2, 0) is 0 Å². The number of aliphatic hydroxyl groups excluding tert-OH is 1. The number of aromatic nitrogens is 1. The van der Waals surface area contributed by atoms with Crippen molar-refractivity contribution in [2.75, 3.05) is 18.9 Å². The molecule has 1 saturated carbocycles. The smallest absolute Gasteiger partial charge is 0.257 e. The fourth-order valence-electron chi connectivity index (χ4n) is 2.57. The van der Waals surface area contributed by atoms with Crippen LogP contribution in [0, 0.1) is 11.7 Å². The molecule has 1 heterocycles. The number of halogens is 1. The molecule has 1 amide bonds. The third-order valence-electron chi connectivity index (χ3n) is 4.14. The lowest BCUT2D eigenvalue weighted by molar-refractivity contribution is 0.0646. The third-order valence-corrected chi connectivity index (χ3v) is 4.14. The maximum absolute atomic E-state index is 13.8. The van der Waals surface area contributed by atoms with Gasteiger partial charge < -0.3 is 15.3 Å². The number of para-hydroxylation sites is 1. The predicted molar refractivity (Wildman–Crippen MR) is 89.6 cm³/mol. The normalized spacial score (nSPS) is 15.0. The number of anilines is 2. The van der Waals surface area contributed by atoms with E-state index in [9.17, 15) is 14.3 Å². The number of carbonyl (C=O) groups is 1. The van der Waals surface area contributed by atoms with Gasteiger partial charge in [-0.25, -0.2) is 9.37 Å². The molecule has 0 radical (unpaired) electrons. The van der Waals surface area contributed by atoms with E-state index in [0.717, 1.165) is 12.8 Å². The van der Waals surface area contributed by atoms with Crippen LogP contribution in [0.3, 0.4) is 0 Å². The second-order valence-corrected chi connectivity index (χ2v) is 6.09. The molecule has 1 aromatic heterocycles. The number of aliphatic hydroxyl groups is 1. The Hall–Kier alpha value is -2.47. The van der Waals surface area contributed by atoms with Crippen molar-refractivity contribution in [3.8, 4) is 0 Å². The molecular weight excluding hydrogens is 309 g/mol. The Balaban J connectivity index is 1.77. The molecule has 3 rings (SSSR count). The first-order chi connectivity index (χ1) is 11.6. The van der Waals surface area contributed by atoms with Crippen LogP contribution in [0.25, 0.3) is 0 Å². The van der Waals surface area contributed by atoms with E-state index < -0.39 is 11.9 Å². The Morgan fingerprint density at radius 1 is 1.38 bits per heavy atom. The van der Waals surface area contributed by atoms with Crippen LogP contribution in [0.5, 0.6) is 0 Å². The Morgan fingerprint density at radius 3 is 2.83 bits per heavy atom. The molecule has 0 saturated heterocycles. The van der Waals surface area contributed by atoms with Crippen LogP contribution >= 0.6 is 0 Å². The highest BCUT2D eigenvalue weighted by atomic mass is 19.1. The van der Waals surface area contributed by atoms with E-state index in [1.165, 1.54) is 11.0 Å². The van der Waals surface area contributed by atoms with Gasteiger partial charge in [-0.2, -0.15) is 0 Å². The largest absolute Gasteiger partial charge is 0.391 e. The summed E-state index contributed by atoms with van der Waals surface area (Å²) in [5, 5.41) is 12.9. The van der Waals surface area contributed by atoms with E-state index in [-0.39, 0.29) is 18.1 Å². The highest BCUT2D eigenvalue weighted by molar-refractivity contribution is 5.99. The van der Waals surface area contributed by atoms with Crippen LogP contribution in [0.2, 0.25) is 0 Å². The van der Waals surface area contributed by atoms with Gasteiger partial charge in [0.25, 0.3) is 5.91 Å². The molecule has 1 fully saturated rings. The second kappa shape index (κ2) is 6.97. The van der Waals surface area contributed by atoms with Gasteiger partial charge in [0, 0.05) is 19.8 Å². The predicted octanol–water partition coefficient (Wildman–Crippen LogP) is 2.81. The molecule has 1 aliphatic carbocycles. The molecule has 0 bridgehead atoms. The number of nitrogens with zero attached hydrogens (tertiary/aromatic N) is 2. The number of likely N-dealkylation sites (N-methyl/N-ethyl adjacent to an activating group) is 1. The molecule has 1 atom stereocenters. The molecule has 126 valence electrons. The zero-order valence-electron chi connectivity index (χ0n) is 13.4. The number of carbonyl (C=O) groups excluding carboxylic acids is 1. The van der Waals surface area contributed by atoms with Gasteiger partial charge in [0.15, 0.2) is 0 Å². The zero-order valence-corrected chi connectivity index (χ0v) is 13.4. The van der Waals surface area contributed by atoms with Crippen molar-refractivity contribution >= 4 is 17.4 Å². The van der Waals surface area contributed by atoms with Gasteiger partial charge in [-0.1, -0.05) is 12.1 Å². The van der Waals surface area contributed by atoms with Crippen LogP contribution in [0.1, 0.15) is 23.2 Å². The van der Waals surface area contributed by atoms with E-state index in [1.807, 2.05) is 0 Å². The van der Waals surface area contributed by atoms with Crippen LogP contribution in [-0.4, -0.2) is 40.6 Å². The number of hydrogen-bond acceptors (Lipinski definition) is 4. The molecule has 24 heavy (non-hydrogen) atoms. The molecular formula is C18H20FN3O2. The summed E-state index contributed by atoms with van der Waals surface area (Å²) in [4.78, 5) is 18.3. The van der Waals surface area contributed by atoms with Crippen LogP contribution < -0.4 is 5.32 Å². The van der Waals surface area contributed by atoms with Crippen molar-refractivity contribution in [2.45, 2.75) is 18.9 Å². The number of benzene rings is 1. The van der Waals surface area contributed by atoms with Gasteiger partial charge in [0.2, 0.25) is 0 Å². The number of amides is 1. The molecule has 1 unspecified atom stereocenters. The molecule has 5 nitrogen and oxygen atoms in total. The lowest BCUT2D eigenvalue weighted by atomic mass is 10.2. The van der Waals surface area contributed by atoms with Crippen LogP contribution in [0.4, 0.5) is 15.9 Å². The minimum atomic E-state index is -0.501. The lowest BCUT2D eigenvalue weighted by Gasteiger charge is -2.22. The first-order valence-corrected chi connectivity index (χ1v) is 7.96. The summed E-state index contributed by atoms with van der Waals surface area (Å²) in [5.41, 5.74) is 0.595. The van der Waals surface area contributed by atoms with Gasteiger partial charge >= 0.3 is 0 Å². The number of nitrogens with one attached hydrogen (secondary N) is 1. The molecule has 0 aliphatic heterocycles. The van der Waals surface area contributed by atoms with Crippen molar-refractivity contribution in [1.29, 1.82) is 0 Å². The summed E-state index contributed by atoms with van der Waals surface area (Å²) in [5.74, 6) is -0.0915. The number of rotatable bonds is 6. The molecule has 1 aliphatic rings. The van der Waals surface area contributed by atoms with Crippen molar-refractivity contribution < 1.29 is 14.3 Å². The topological polar surface area (TPSA) is 65.5 Å². The Kier molecular flexibility index (Phi) is 4.76. The van der Waals surface area contributed by atoms with Crippen LogP contribution in [0.15, 0.2) is 42.6 Å². The fraction of sp³-hybridized carbons (Fsp3) is 0.333. The molecule has 6 heteroatoms. The second-order valence-electron chi connectivity index (χ2n) is 6.09. The number of pyridine rings is 1. The first-order valence-electron chi connectivity index (χ1n) is 7.96. The summed E-state index contributed by atoms with van der Waals surface area (Å²) in [6.07, 6.45) is 3.06. The van der Waals surface area contributed by atoms with Gasteiger partial charge in [-0.05, 0) is 43.0 Å². The fourth-order valence-corrected chi connectivity index (χ4v) is 2.57. The highest BCUT2D eigenvalue weighted by Crippen LogP contribution is 2.33. The zero-order chi connectivity index (χ0) is 17.1. The van der Waals surface area contributed by atoms with Crippen molar-refractivity contribution in [3.63, 3.8) is 0 Å². The molecule has 2 N–H and O–H groups in total. The Labute approximate surface area is 140 Å².